The topological polar surface area (TPSA) is 108 Å². The van der Waals surface area contributed by atoms with E-state index < -0.39 is 4.92 Å². The van der Waals surface area contributed by atoms with Gasteiger partial charge in [0.15, 0.2) is 0 Å². The van der Waals surface area contributed by atoms with Crippen molar-refractivity contribution in [2.24, 2.45) is 0 Å². The Balaban J connectivity index is 1.75. The van der Waals surface area contributed by atoms with Crippen molar-refractivity contribution >= 4 is 17.7 Å². The number of nitriles is 1. The van der Waals surface area contributed by atoms with Gasteiger partial charge in [-0.2, -0.15) is 10.4 Å². The molecule has 0 bridgehead atoms. The highest BCUT2D eigenvalue weighted by Gasteiger charge is 2.23. The number of non-ortho nitro benzene ring substituents is 1. The summed E-state index contributed by atoms with van der Waals surface area (Å²) in [5.41, 5.74) is 2.55. The maximum absolute atomic E-state index is 13.0. The second-order valence-electron chi connectivity index (χ2n) is 7.78. The zero-order valence-corrected chi connectivity index (χ0v) is 18.1. The fourth-order valence-corrected chi connectivity index (χ4v) is 3.65. The molecule has 9 nitrogen and oxygen atoms in total. The van der Waals surface area contributed by atoms with Crippen molar-refractivity contribution < 1.29 is 9.72 Å². The van der Waals surface area contributed by atoms with Gasteiger partial charge in [-0.1, -0.05) is 18.2 Å². The zero-order valence-electron chi connectivity index (χ0n) is 18.1. The minimum atomic E-state index is -0.463. The highest BCUT2D eigenvalue weighted by molar-refractivity contribution is 6.02. The van der Waals surface area contributed by atoms with Crippen LogP contribution < -0.4 is 0 Å². The molecule has 1 aliphatic heterocycles. The van der Waals surface area contributed by atoms with E-state index >= 15 is 0 Å². The summed E-state index contributed by atoms with van der Waals surface area (Å²) in [5, 5.41) is 25.4. The third-order valence-electron chi connectivity index (χ3n) is 5.56. The number of carbonyl (C=O) groups excluding carboxylic acids is 1. The molecule has 0 saturated carbocycles. The summed E-state index contributed by atoms with van der Waals surface area (Å²) in [4.78, 5) is 27.4. The lowest BCUT2D eigenvalue weighted by atomic mass is 10.1. The third-order valence-corrected chi connectivity index (χ3v) is 5.56. The fourth-order valence-electron chi connectivity index (χ4n) is 3.65. The molecule has 1 saturated heterocycles. The van der Waals surface area contributed by atoms with Crippen molar-refractivity contribution in [3.63, 3.8) is 0 Å². The van der Waals surface area contributed by atoms with E-state index in [1.54, 1.807) is 34.0 Å². The van der Waals surface area contributed by atoms with Crippen molar-refractivity contribution in [2.45, 2.75) is 0 Å². The fraction of sp³-hybridized carbons (Fsp3) is 0.208. The van der Waals surface area contributed by atoms with Crippen molar-refractivity contribution in [1.82, 2.24) is 19.6 Å². The number of hydrogen-bond donors (Lipinski definition) is 0. The van der Waals surface area contributed by atoms with Crippen LogP contribution in [0.2, 0.25) is 0 Å². The van der Waals surface area contributed by atoms with Crippen LogP contribution in [0.25, 0.3) is 23.0 Å². The van der Waals surface area contributed by atoms with E-state index in [0.29, 0.717) is 29.9 Å². The van der Waals surface area contributed by atoms with Gasteiger partial charge in [-0.05, 0) is 37.4 Å². The van der Waals surface area contributed by atoms with Gasteiger partial charge < -0.3 is 9.80 Å². The molecule has 33 heavy (non-hydrogen) atoms. The summed E-state index contributed by atoms with van der Waals surface area (Å²) in [6, 6.07) is 17.5. The average Bonchev–Trinajstić information content (AvgIpc) is 3.27. The summed E-state index contributed by atoms with van der Waals surface area (Å²) in [6.45, 7) is 2.63. The summed E-state index contributed by atoms with van der Waals surface area (Å²) in [5.74, 6) is -0.312. The van der Waals surface area contributed by atoms with Gasteiger partial charge in [0.2, 0.25) is 0 Å². The third kappa shape index (κ3) is 4.81. The molecule has 4 rings (SSSR count). The first-order valence-electron chi connectivity index (χ1n) is 10.5. The Bertz CT molecular complexity index is 1230. The maximum Gasteiger partial charge on any atom is 0.269 e. The highest BCUT2D eigenvalue weighted by atomic mass is 16.6. The van der Waals surface area contributed by atoms with Crippen molar-refractivity contribution in [3.8, 4) is 23.0 Å². The van der Waals surface area contributed by atoms with Gasteiger partial charge in [0.1, 0.15) is 17.3 Å². The normalized spacial score (nSPS) is 14.7. The number of para-hydroxylation sites is 1. The number of benzene rings is 2. The molecule has 0 N–H and O–H groups in total. The number of aromatic nitrogens is 2. The van der Waals surface area contributed by atoms with E-state index in [2.05, 4.69) is 10.00 Å². The van der Waals surface area contributed by atoms with Crippen LogP contribution in [0.5, 0.6) is 0 Å². The molecule has 0 spiro atoms. The number of hydrogen-bond acceptors (Lipinski definition) is 6. The lowest BCUT2D eigenvalue weighted by Gasteiger charge is -2.32. The van der Waals surface area contributed by atoms with E-state index in [0.717, 1.165) is 18.8 Å². The SMILES string of the molecule is CN1CCN(C(=O)C(C#N)=Cc2cn(-c3ccccc3)nc2-c2ccc([N+](=O)[O-])cc2)CC1. The first kappa shape index (κ1) is 21.9. The molecule has 1 fully saturated rings. The molecule has 3 aromatic rings. The molecule has 2 aromatic carbocycles. The van der Waals surface area contributed by atoms with Crippen LogP contribution in [0.1, 0.15) is 5.56 Å². The minimum absolute atomic E-state index is 0.0235. The Morgan fingerprint density at radius 1 is 1.09 bits per heavy atom. The van der Waals surface area contributed by atoms with Crippen molar-refractivity contribution in [2.75, 3.05) is 33.2 Å². The summed E-state index contributed by atoms with van der Waals surface area (Å²) >= 11 is 0. The largest absolute Gasteiger partial charge is 0.335 e. The van der Waals surface area contributed by atoms with E-state index in [4.69, 9.17) is 0 Å². The van der Waals surface area contributed by atoms with Gasteiger partial charge in [0.05, 0.1) is 10.6 Å². The van der Waals surface area contributed by atoms with Crippen molar-refractivity contribution in [3.05, 3.63) is 82.0 Å². The molecule has 1 aliphatic rings. The lowest BCUT2D eigenvalue weighted by molar-refractivity contribution is -0.384. The zero-order chi connectivity index (χ0) is 23.4. The molecule has 166 valence electrons. The minimum Gasteiger partial charge on any atom is -0.335 e. The molecular weight excluding hydrogens is 420 g/mol. The van der Waals surface area contributed by atoms with Crippen LogP contribution in [-0.2, 0) is 4.79 Å². The smallest absolute Gasteiger partial charge is 0.269 e. The maximum atomic E-state index is 13.0. The van der Waals surface area contributed by atoms with E-state index in [1.807, 2.05) is 43.4 Å². The molecular formula is C24H22N6O3. The Labute approximate surface area is 190 Å². The first-order valence-corrected chi connectivity index (χ1v) is 10.5. The van der Waals surface area contributed by atoms with Gasteiger partial charge in [-0.25, -0.2) is 4.68 Å². The Hall–Kier alpha value is -4.29. The Kier molecular flexibility index (Phi) is 6.29. The van der Waals surface area contributed by atoms with E-state index in [1.165, 1.54) is 12.1 Å². The van der Waals surface area contributed by atoms with Crippen LogP contribution >= 0.6 is 0 Å². The van der Waals surface area contributed by atoms with Crippen LogP contribution in [0.15, 0.2) is 66.4 Å². The van der Waals surface area contributed by atoms with E-state index in [-0.39, 0.29) is 17.2 Å². The molecule has 1 amide bonds. The van der Waals surface area contributed by atoms with Gasteiger partial charge in [-0.3, -0.25) is 14.9 Å². The summed E-state index contributed by atoms with van der Waals surface area (Å²) in [6.07, 6.45) is 3.30. The molecule has 1 aromatic heterocycles. The molecule has 0 aliphatic carbocycles. The number of amides is 1. The Morgan fingerprint density at radius 3 is 2.36 bits per heavy atom. The second-order valence-corrected chi connectivity index (χ2v) is 7.78. The number of nitro benzene ring substituents is 1. The molecule has 2 heterocycles. The quantitative estimate of drug-likeness (QED) is 0.260. The predicted octanol–water partition coefficient (Wildman–Crippen LogP) is 3.13. The molecule has 0 atom stereocenters. The number of nitro groups is 1. The van der Waals surface area contributed by atoms with Crippen molar-refractivity contribution in [1.29, 1.82) is 5.26 Å². The first-order chi connectivity index (χ1) is 16.0. The average molecular weight is 442 g/mol. The number of piperazine rings is 1. The Morgan fingerprint density at radius 2 is 1.76 bits per heavy atom. The summed E-state index contributed by atoms with van der Waals surface area (Å²) < 4.78 is 1.66. The standard InChI is InChI=1S/C24H22N6O3/c1-27-11-13-28(14-12-27)24(31)19(16-25)15-20-17-29(21-5-3-2-4-6-21)26-23(20)18-7-9-22(10-8-18)30(32)33/h2-10,15,17H,11-14H2,1H3. The molecule has 0 unspecified atom stereocenters. The van der Waals surface area contributed by atoms with Gasteiger partial charge in [-0.15, -0.1) is 0 Å². The molecule has 9 heteroatoms. The second kappa shape index (κ2) is 9.46. The lowest BCUT2D eigenvalue weighted by Crippen LogP contribution is -2.47. The predicted molar refractivity (Wildman–Crippen MR) is 123 cm³/mol. The number of nitrogens with zero attached hydrogens (tertiary/aromatic N) is 6. The number of carbonyl (C=O) groups is 1. The summed E-state index contributed by atoms with van der Waals surface area (Å²) in [7, 11) is 2.00. The number of likely N-dealkylation sites (N-methyl/N-ethyl adjacent to an activating group) is 1. The number of rotatable bonds is 5. The molecule has 0 radical (unpaired) electrons. The van der Waals surface area contributed by atoms with Gasteiger partial charge in [0.25, 0.3) is 11.6 Å². The van der Waals surface area contributed by atoms with Gasteiger partial charge >= 0.3 is 0 Å². The van der Waals surface area contributed by atoms with Gasteiger partial charge in [0, 0.05) is 55.6 Å². The van der Waals surface area contributed by atoms with Crippen LogP contribution in [0, 0.1) is 21.4 Å². The van der Waals surface area contributed by atoms with Crippen LogP contribution in [0.4, 0.5) is 5.69 Å². The highest BCUT2D eigenvalue weighted by Crippen LogP contribution is 2.28. The van der Waals surface area contributed by atoms with Crippen LogP contribution in [0.3, 0.4) is 0 Å². The monoisotopic (exact) mass is 442 g/mol. The van der Waals surface area contributed by atoms with E-state index in [9.17, 15) is 20.2 Å². The van der Waals surface area contributed by atoms with Crippen LogP contribution in [-0.4, -0.2) is 63.6 Å².